The Kier molecular flexibility index (Phi) is 6.99. The highest BCUT2D eigenvalue weighted by atomic mass is 79.9. The molecule has 1 fully saturated rings. The molecular formula is C17H27BrN2O2. The van der Waals surface area contributed by atoms with Crippen molar-refractivity contribution in [1.29, 1.82) is 0 Å². The lowest BCUT2D eigenvalue weighted by atomic mass is 9.98. The Balaban J connectivity index is 2.04. The zero-order chi connectivity index (χ0) is 15.9. The Bertz CT molecular complexity index is 474. The first-order valence-corrected chi connectivity index (χ1v) is 8.84. The van der Waals surface area contributed by atoms with E-state index in [1.54, 1.807) is 7.11 Å². The second-order valence-corrected chi connectivity index (χ2v) is 6.90. The van der Waals surface area contributed by atoms with E-state index in [9.17, 15) is 0 Å². The number of ether oxygens (including phenoxy) is 2. The first-order chi connectivity index (χ1) is 10.6. The molecule has 0 atom stereocenters. The van der Waals surface area contributed by atoms with Crippen LogP contribution in [0.15, 0.2) is 16.6 Å². The highest BCUT2D eigenvalue weighted by Crippen LogP contribution is 2.37. The molecule has 1 heterocycles. The third-order valence-corrected chi connectivity index (χ3v) is 4.68. The first-order valence-electron chi connectivity index (χ1n) is 8.05. The summed E-state index contributed by atoms with van der Waals surface area (Å²) in [5.41, 5.74) is 1.13. The predicted molar refractivity (Wildman–Crippen MR) is 93.8 cm³/mol. The topological polar surface area (TPSA) is 42.5 Å². The Morgan fingerprint density at radius 2 is 2.05 bits per heavy atom. The maximum absolute atomic E-state index is 5.99. The van der Waals surface area contributed by atoms with Gasteiger partial charge in [0.2, 0.25) is 0 Å². The summed E-state index contributed by atoms with van der Waals surface area (Å²) < 4.78 is 12.5. The van der Waals surface area contributed by atoms with Crippen molar-refractivity contribution >= 4 is 15.9 Å². The molecule has 2 rings (SSSR count). The fraction of sp³-hybridized carbons (Fsp3) is 0.647. The van der Waals surface area contributed by atoms with Crippen LogP contribution in [0, 0.1) is 5.92 Å². The van der Waals surface area contributed by atoms with Gasteiger partial charge in [-0.1, -0.05) is 15.9 Å². The van der Waals surface area contributed by atoms with Gasteiger partial charge in [0.1, 0.15) is 0 Å². The largest absolute Gasteiger partial charge is 0.493 e. The third kappa shape index (κ3) is 4.86. The molecule has 5 heteroatoms. The van der Waals surface area contributed by atoms with Crippen LogP contribution in [0.5, 0.6) is 11.5 Å². The SMILES string of the molecule is COc1ccc(Br)c(CNCC2CCNCC2)c1OC(C)C. The Morgan fingerprint density at radius 1 is 1.32 bits per heavy atom. The van der Waals surface area contributed by atoms with Gasteiger partial charge in [0.05, 0.1) is 13.2 Å². The quantitative estimate of drug-likeness (QED) is 0.772. The molecule has 0 bridgehead atoms. The molecule has 124 valence electrons. The van der Waals surface area contributed by atoms with Gasteiger partial charge < -0.3 is 20.1 Å². The molecule has 0 aromatic heterocycles. The van der Waals surface area contributed by atoms with Crippen molar-refractivity contribution in [3.05, 3.63) is 22.2 Å². The van der Waals surface area contributed by atoms with E-state index in [0.29, 0.717) is 0 Å². The zero-order valence-electron chi connectivity index (χ0n) is 13.7. The van der Waals surface area contributed by atoms with Crippen LogP contribution in [0.4, 0.5) is 0 Å². The molecule has 0 unspecified atom stereocenters. The molecule has 4 nitrogen and oxygen atoms in total. The van der Waals surface area contributed by atoms with Gasteiger partial charge in [-0.15, -0.1) is 0 Å². The molecule has 0 saturated carbocycles. The predicted octanol–water partition coefficient (Wildman–Crippen LogP) is 3.33. The minimum atomic E-state index is 0.117. The molecule has 2 N–H and O–H groups in total. The van der Waals surface area contributed by atoms with Crippen molar-refractivity contribution in [2.45, 2.75) is 39.3 Å². The van der Waals surface area contributed by atoms with E-state index in [1.807, 2.05) is 26.0 Å². The fourth-order valence-electron chi connectivity index (χ4n) is 2.76. The van der Waals surface area contributed by atoms with E-state index in [2.05, 4.69) is 26.6 Å². The van der Waals surface area contributed by atoms with Crippen molar-refractivity contribution in [2.24, 2.45) is 5.92 Å². The smallest absolute Gasteiger partial charge is 0.167 e. The van der Waals surface area contributed by atoms with Gasteiger partial charge in [-0.3, -0.25) is 0 Å². The summed E-state index contributed by atoms with van der Waals surface area (Å²) in [6.07, 6.45) is 2.62. The normalized spacial score (nSPS) is 16.0. The van der Waals surface area contributed by atoms with E-state index < -0.39 is 0 Å². The van der Waals surface area contributed by atoms with E-state index in [4.69, 9.17) is 9.47 Å². The summed E-state index contributed by atoms with van der Waals surface area (Å²) in [6.45, 7) is 8.17. The summed E-state index contributed by atoms with van der Waals surface area (Å²) in [7, 11) is 1.68. The molecule has 0 amide bonds. The second kappa shape index (κ2) is 8.75. The van der Waals surface area contributed by atoms with E-state index >= 15 is 0 Å². The van der Waals surface area contributed by atoms with Crippen molar-refractivity contribution in [2.75, 3.05) is 26.7 Å². The number of nitrogens with one attached hydrogen (secondary N) is 2. The maximum Gasteiger partial charge on any atom is 0.167 e. The van der Waals surface area contributed by atoms with Crippen LogP contribution in [0.2, 0.25) is 0 Å². The molecule has 1 aromatic carbocycles. The van der Waals surface area contributed by atoms with E-state index in [1.165, 1.54) is 12.8 Å². The molecule has 1 aromatic rings. The van der Waals surface area contributed by atoms with Crippen LogP contribution in [-0.2, 0) is 6.54 Å². The van der Waals surface area contributed by atoms with E-state index in [-0.39, 0.29) is 6.10 Å². The molecule has 0 spiro atoms. The zero-order valence-corrected chi connectivity index (χ0v) is 15.3. The minimum absolute atomic E-state index is 0.117. The maximum atomic E-state index is 5.99. The second-order valence-electron chi connectivity index (χ2n) is 6.05. The van der Waals surface area contributed by atoms with Crippen molar-refractivity contribution in [3.63, 3.8) is 0 Å². The van der Waals surface area contributed by atoms with Gasteiger partial charge in [0, 0.05) is 16.6 Å². The lowest BCUT2D eigenvalue weighted by molar-refractivity contribution is 0.226. The van der Waals surface area contributed by atoms with Crippen LogP contribution < -0.4 is 20.1 Å². The number of methoxy groups -OCH3 is 1. The first kappa shape index (κ1) is 17.6. The third-order valence-electron chi connectivity index (χ3n) is 3.93. The molecular weight excluding hydrogens is 344 g/mol. The summed E-state index contributed by atoms with van der Waals surface area (Å²) in [4.78, 5) is 0. The Morgan fingerprint density at radius 3 is 2.68 bits per heavy atom. The fourth-order valence-corrected chi connectivity index (χ4v) is 3.21. The molecule has 1 saturated heterocycles. The standard InChI is InChI=1S/C17H27BrN2O2/c1-12(2)22-17-14(15(18)4-5-16(17)21-3)11-20-10-13-6-8-19-9-7-13/h4-5,12-13,19-20H,6-11H2,1-3H3. The molecule has 0 radical (unpaired) electrons. The van der Waals surface area contributed by atoms with Crippen molar-refractivity contribution < 1.29 is 9.47 Å². The van der Waals surface area contributed by atoms with Crippen LogP contribution in [-0.4, -0.2) is 32.8 Å². The van der Waals surface area contributed by atoms with Crippen molar-refractivity contribution in [3.8, 4) is 11.5 Å². The number of halogens is 1. The number of benzene rings is 1. The van der Waals surface area contributed by atoms with Gasteiger partial charge in [-0.2, -0.15) is 0 Å². The minimum Gasteiger partial charge on any atom is -0.493 e. The van der Waals surface area contributed by atoms with Gasteiger partial charge in [0.25, 0.3) is 0 Å². The van der Waals surface area contributed by atoms with Gasteiger partial charge in [0.15, 0.2) is 11.5 Å². The Labute approximate surface area is 142 Å². The van der Waals surface area contributed by atoms with E-state index in [0.717, 1.165) is 53.6 Å². The lowest BCUT2D eigenvalue weighted by Crippen LogP contribution is -2.33. The van der Waals surface area contributed by atoms with Crippen LogP contribution in [0.1, 0.15) is 32.3 Å². The number of hydrogen-bond donors (Lipinski definition) is 2. The number of rotatable bonds is 7. The highest BCUT2D eigenvalue weighted by Gasteiger charge is 2.17. The summed E-state index contributed by atoms with van der Waals surface area (Å²) in [5, 5.41) is 6.99. The monoisotopic (exact) mass is 370 g/mol. The molecule has 1 aliphatic rings. The summed E-state index contributed by atoms with van der Waals surface area (Å²) in [5.74, 6) is 2.39. The summed E-state index contributed by atoms with van der Waals surface area (Å²) in [6, 6.07) is 3.96. The lowest BCUT2D eigenvalue weighted by Gasteiger charge is -2.24. The van der Waals surface area contributed by atoms with Crippen LogP contribution >= 0.6 is 15.9 Å². The van der Waals surface area contributed by atoms with Gasteiger partial charge in [-0.25, -0.2) is 0 Å². The molecule has 1 aliphatic heterocycles. The van der Waals surface area contributed by atoms with Gasteiger partial charge >= 0.3 is 0 Å². The molecule has 0 aliphatic carbocycles. The number of piperidine rings is 1. The van der Waals surface area contributed by atoms with Crippen molar-refractivity contribution in [1.82, 2.24) is 10.6 Å². The Hall–Kier alpha value is -0.780. The highest BCUT2D eigenvalue weighted by molar-refractivity contribution is 9.10. The van der Waals surface area contributed by atoms with Gasteiger partial charge in [-0.05, 0) is 64.4 Å². The van der Waals surface area contributed by atoms with Crippen LogP contribution in [0.25, 0.3) is 0 Å². The molecule has 22 heavy (non-hydrogen) atoms. The van der Waals surface area contributed by atoms with Crippen LogP contribution in [0.3, 0.4) is 0 Å². The average molecular weight is 371 g/mol. The summed E-state index contributed by atoms with van der Waals surface area (Å²) >= 11 is 3.64. The number of hydrogen-bond acceptors (Lipinski definition) is 4. The average Bonchev–Trinajstić information content (AvgIpc) is 2.51.